The summed E-state index contributed by atoms with van der Waals surface area (Å²) in [7, 11) is 0. The number of allylic oxidation sites excluding steroid dienone is 8. The third-order valence-corrected chi connectivity index (χ3v) is 4.50. The predicted molar refractivity (Wildman–Crippen MR) is 117 cm³/mol. The second-order valence-electron chi connectivity index (χ2n) is 8.86. The molecule has 0 rings (SSSR count). The maximum Gasteiger partial charge on any atom is 0.130 e. The zero-order chi connectivity index (χ0) is 20.2. The van der Waals surface area contributed by atoms with E-state index in [1.807, 2.05) is 0 Å². The van der Waals surface area contributed by atoms with Crippen LogP contribution in [-0.4, -0.2) is 5.78 Å². The molecule has 0 saturated carbocycles. The van der Waals surface area contributed by atoms with Gasteiger partial charge in [-0.25, -0.2) is 0 Å². The van der Waals surface area contributed by atoms with E-state index in [1.54, 1.807) is 6.92 Å². The van der Waals surface area contributed by atoms with Gasteiger partial charge in [-0.2, -0.15) is 0 Å². The quantitative estimate of drug-likeness (QED) is 0.322. The molecule has 1 nitrogen and oxygen atoms in total. The predicted octanol–water partition coefficient (Wildman–Crippen LogP) is 8.14. The van der Waals surface area contributed by atoms with Gasteiger partial charge in [0.2, 0.25) is 0 Å². The highest BCUT2D eigenvalue weighted by Gasteiger charge is 2.16. The highest BCUT2D eigenvalue weighted by Crippen LogP contribution is 2.25. The van der Waals surface area contributed by atoms with Crippen LogP contribution in [0.15, 0.2) is 46.6 Å². The van der Waals surface area contributed by atoms with E-state index in [4.69, 9.17) is 0 Å². The van der Waals surface area contributed by atoms with Gasteiger partial charge in [-0.15, -0.1) is 0 Å². The number of carbonyl (C=O) groups is 1. The van der Waals surface area contributed by atoms with Crippen LogP contribution in [0.2, 0.25) is 0 Å². The van der Waals surface area contributed by atoms with Crippen molar-refractivity contribution in [3.63, 3.8) is 0 Å². The fourth-order valence-corrected chi connectivity index (χ4v) is 3.32. The van der Waals surface area contributed by atoms with Gasteiger partial charge in [0.25, 0.3) is 0 Å². The lowest BCUT2D eigenvalue weighted by atomic mass is 9.85. The number of rotatable bonds is 12. The van der Waals surface area contributed by atoms with Gasteiger partial charge in [-0.1, -0.05) is 60.4 Å². The van der Waals surface area contributed by atoms with Crippen LogP contribution in [0.25, 0.3) is 0 Å². The zero-order valence-corrected chi connectivity index (χ0v) is 18.7. The highest BCUT2D eigenvalue weighted by molar-refractivity contribution is 5.76. The minimum absolute atomic E-state index is 0.0253. The first-order chi connectivity index (χ1) is 12.0. The Balaban J connectivity index is 4.25. The molecule has 0 unspecified atom stereocenters. The van der Waals surface area contributed by atoms with E-state index in [2.05, 4.69) is 72.8 Å². The summed E-state index contributed by atoms with van der Waals surface area (Å²) < 4.78 is 0. The first kappa shape index (κ1) is 24.6. The summed E-state index contributed by atoms with van der Waals surface area (Å²) in [4.78, 5) is 11.3. The standard InChI is InChI=1S/C25H42O/c1-20(2)12-9-13-21(3)14-10-15-22(4)16-11-17-23(5)18-25(7,8)19-24(6)26/h12,14,16,18H,9-11,13,15,17,19H2,1-8H3/b21-14+,22-16+,23-18+. The molecule has 0 aliphatic heterocycles. The van der Waals surface area contributed by atoms with Crippen LogP contribution in [0, 0.1) is 5.41 Å². The van der Waals surface area contributed by atoms with Crippen LogP contribution in [0.3, 0.4) is 0 Å². The van der Waals surface area contributed by atoms with Crippen LogP contribution >= 0.6 is 0 Å². The summed E-state index contributed by atoms with van der Waals surface area (Å²) in [5.41, 5.74) is 5.75. The molecule has 0 N–H and O–H groups in total. The topological polar surface area (TPSA) is 17.1 Å². The molecule has 0 aliphatic rings. The molecule has 0 aromatic carbocycles. The second kappa shape index (κ2) is 12.9. The van der Waals surface area contributed by atoms with Crippen molar-refractivity contribution in [3.05, 3.63) is 46.6 Å². The average molecular weight is 359 g/mol. The first-order valence-corrected chi connectivity index (χ1v) is 10.1. The Labute approximate surface area is 163 Å². The van der Waals surface area contributed by atoms with Crippen molar-refractivity contribution in [2.24, 2.45) is 5.41 Å². The van der Waals surface area contributed by atoms with Crippen LogP contribution in [-0.2, 0) is 4.79 Å². The monoisotopic (exact) mass is 358 g/mol. The van der Waals surface area contributed by atoms with Crippen molar-refractivity contribution >= 4 is 5.78 Å². The summed E-state index contributed by atoms with van der Waals surface area (Å²) in [6.45, 7) is 17.0. The molecule has 0 spiro atoms. The Hall–Kier alpha value is -1.37. The van der Waals surface area contributed by atoms with Gasteiger partial charge in [0.05, 0.1) is 0 Å². The van der Waals surface area contributed by atoms with E-state index < -0.39 is 0 Å². The Morgan fingerprint density at radius 3 is 1.54 bits per heavy atom. The van der Waals surface area contributed by atoms with Gasteiger partial charge < -0.3 is 0 Å². The van der Waals surface area contributed by atoms with E-state index in [0.29, 0.717) is 6.42 Å². The SMILES string of the molecule is CC(=O)CC(C)(C)/C=C(\C)CC/C=C(\C)CC/C=C(\C)CCC=C(C)C. The molecule has 0 fully saturated rings. The fraction of sp³-hybridized carbons (Fsp3) is 0.640. The number of Topliss-reactive ketones (excluding diaryl/α,β-unsaturated/α-hetero) is 1. The highest BCUT2D eigenvalue weighted by atomic mass is 16.1. The van der Waals surface area contributed by atoms with Gasteiger partial charge in [0.1, 0.15) is 5.78 Å². The number of hydrogen-bond donors (Lipinski definition) is 0. The van der Waals surface area contributed by atoms with Crippen molar-refractivity contribution < 1.29 is 4.79 Å². The number of hydrogen-bond acceptors (Lipinski definition) is 1. The van der Waals surface area contributed by atoms with E-state index in [-0.39, 0.29) is 11.2 Å². The molecule has 0 aromatic rings. The van der Waals surface area contributed by atoms with Gasteiger partial charge in [-0.3, -0.25) is 4.79 Å². The van der Waals surface area contributed by atoms with Crippen molar-refractivity contribution in [2.75, 3.05) is 0 Å². The average Bonchev–Trinajstić information content (AvgIpc) is 2.44. The molecule has 0 aliphatic carbocycles. The van der Waals surface area contributed by atoms with E-state index in [9.17, 15) is 4.79 Å². The number of carbonyl (C=O) groups excluding carboxylic acids is 1. The first-order valence-electron chi connectivity index (χ1n) is 10.1. The molecule has 0 amide bonds. The van der Waals surface area contributed by atoms with E-state index in [0.717, 1.165) is 32.1 Å². The summed E-state index contributed by atoms with van der Waals surface area (Å²) >= 11 is 0. The van der Waals surface area contributed by atoms with Crippen LogP contribution in [0.5, 0.6) is 0 Å². The molecule has 0 radical (unpaired) electrons. The van der Waals surface area contributed by atoms with Gasteiger partial charge in [-0.05, 0) is 85.5 Å². The van der Waals surface area contributed by atoms with Crippen molar-refractivity contribution in [1.29, 1.82) is 0 Å². The fourth-order valence-electron chi connectivity index (χ4n) is 3.32. The molecular weight excluding hydrogens is 316 g/mol. The second-order valence-corrected chi connectivity index (χ2v) is 8.86. The Bertz CT molecular complexity index is 549. The molecule has 0 aromatic heterocycles. The van der Waals surface area contributed by atoms with Crippen LogP contribution in [0.1, 0.15) is 100 Å². The summed E-state index contributed by atoms with van der Waals surface area (Å²) in [5, 5.41) is 0. The molecule has 0 heterocycles. The lowest BCUT2D eigenvalue weighted by molar-refractivity contribution is -0.118. The molecule has 1 heteroatoms. The smallest absolute Gasteiger partial charge is 0.130 e. The Kier molecular flexibility index (Phi) is 12.2. The van der Waals surface area contributed by atoms with Crippen molar-refractivity contribution in [3.8, 4) is 0 Å². The minimum atomic E-state index is -0.0253. The van der Waals surface area contributed by atoms with Gasteiger partial charge in [0, 0.05) is 6.42 Å². The largest absolute Gasteiger partial charge is 0.300 e. The van der Waals surface area contributed by atoms with Crippen molar-refractivity contribution in [1.82, 2.24) is 0 Å². The zero-order valence-electron chi connectivity index (χ0n) is 18.7. The van der Waals surface area contributed by atoms with Crippen LogP contribution < -0.4 is 0 Å². The maximum absolute atomic E-state index is 11.3. The normalized spacial score (nSPS) is 13.8. The van der Waals surface area contributed by atoms with Crippen molar-refractivity contribution in [2.45, 2.75) is 100 Å². The third-order valence-electron chi connectivity index (χ3n) is 4.50. The molecule has 26 heavy (non-hydrogen) atoms. The molecule has 0 bridgehead atoms. The Morgan fingerprint density at radius 1 is 0.692 bits per heavy atom. The molecule has 148 valence electrons. The van der Waals surface area contributed by atoms with E-state index >= 15 is 0 Å². The summed E-state index contributed by atoms with van der Waals surface area (Å²) in [6, 6.07) is 0. The van der Waals surface area contributed by atoms with Gasteiger partial charge in [0.15, 0.2) is 0 Å². The van der Waals surface area contributed by atoms with Crippen LogP contribution in [0.4, 0.5) is 0 Å². The minimum Gasteiger partial charge on any atom is -0.300 e. The summed E-state index contributed by atoms with van der Waals surface area (Å²) in [5.74, 6) is 0.263. The lowest BCUT2D eigenvalue weighted by Gasteiger charge is -2.19. The number of ketones is 1. The lowest BCUT2D eigenvalue weighted by Crippen LogP contribution is -2.12. The summed E-state index contributed by atoms with van der Waals surface area (Å²) in [6.07, 6.45) is 16.8. The maximum atomic E-state index is 11.3. The molecular formula is C25H42O. The molecule has 0 saturated heterocycles. The molecule has 0 atom stereocenters. The third kappa shape index (κ3) is 14.9. The van der Waals surface area contributed by atoms with Gasteiger partial charge >= 0.3 is 0 Å². The van der Waals surface area contributed by atoms with E-state index in [1.165, 1.54) is 28.7 Å². The Morgan fingerprint density at radius 2 is 1.12 bits per heavy atom.